The molecule has 0 spiro atoms. The average Bonchev–Trinajstić information content (AvgIpc) is 2.92. The molecule has 0 radical (unpaired) electrons. The molecular weight excluding hydrogens is 336 g/mol. The van der Waals surface area contributed by atoms with Gasteiger partial charge in [-0.05, 0) is 46.6 Å². The van der Waals surface area contributed by atoms with Gasteiger partial charge < -0.3 is 15.1 Å². The van der Waals surface area contributed by atoms with Gasteiger partial charge in [-0.3, -0.25) is 9.59 Å². The molecule has 1 heterocycles. The van der Waals surface area contributed by atoms with E-state index in [1.807, 2.05) is 6.92 Å². The molecule has 0 aliphatic rings. The number of carbonyl (C=O) groups is 2. The normalized spacial score (nSPS) is 10.2. The molecule has 5 nitrogen and oxygen atoms in total. The summed E-state index contributed by atoms with van der Waals surface area (Å²) in [6.07, 6.45) is 0.848. The molecule has 2 aromatic rings. The van der Waals surface area contributed by atoms with E-state index in [1.54, 1.807) is 36.4 Å². The van der Waals surface area contributed by atoms with Crippen LogP contribution in [0.4, 0.5) is 5.69 Å². The lowest BCUT2D eigenvalue weighted by Gasteiger charge is -2.10. The number of anilines is 1. The Balaban J connectivity index is 2.16. The Labute approximate surface area is 130 Å². The maximum Gasteiger partial charge on any atom is 0.291 e. The van der Waals surface area contributed by atoms with Crippen LogP contribution in [0.25, 0.3) is 0 Å². The summed E-state index contributed by atoms with van der Waals surface area (Å²) < 4.78 is 5.66. The largest absolute Gasteiger partial charge is 0.444 e. The van der Waals surface area contributed by atoms with Crippen LogP contribution in [0, 0.1) is 0 Å². The highest BCUT2D eigenvalue weighted by Crippen LogP contribution is 2.18. The summed E-state index contributed by atoms with van der Waals surface area (Å²) in [7, 11) is 0. The summed E-state index contributed by atoms with van der Waals surface area (Å²) in [6, 6.07) is 10.0. The van der Waals surface area contributed by atoms with Gasteiger partial charge in [0.05, 0.1) is 11.3 Å². The average molecular weight is 351 g/mol. The van der Waals surface area contributed by atoms with Crippen molar-refractivity contribution >= 4 is 33.4 Å². The predicted molar refractivity (Wildman–Crippen MR) is 83.4 cm³/mol. The van der Waals surface area contributed by atoms with Crippen LogP contribution in [0.3, 0.4) is 0 Å². The number of benzene rings is 1. The van der Waals surface area contributed by atoms with E-state index in [0.29, 0.717) is 22.5 Å². The third kappa shape index (κ3) is 3.95. The maximum atomic E-state index is 12.1. The second-order valence-electron chi connectivity index (χ2n) is 4.36. The van der Waals surface area contributed by atoms with E-state index in [4.69, 9.17) is 4.42 Å². The number of hydrogen-bond donors (Lipinski definition) is 2. The first kappa shape index (κ1) is 15.3. The fourth-order valence-electron chi connectivity index (χ4n) is 1.74. The molecule has 2 amide bonds. The number of amides is 2. The SMILES string of the molecule is CCCNC(=O)c1ccccc1NC(=O)c1ccc(Br)o1. The third-order valence-electron chi connectivity index (χ3n) is 2.75. The second-order valence-corrected chi connectivity index (χ2v) is 5.14. The minimum Gasteiger partial charge on any atom is -0.444 e. The van der Waals surface area contributed by atoms with Gasteiger partial charge in [-0.25, -0.2) is 0 Å². The van der Waals surface area contributed by atoms with E-state index < -0.39 is 5.91 Å². The van der Waals surface area contributed by atoms with Crippen molar-refractivity contribution in [1.82, 2.24) is 5.32 Å². The fourth-order valence-corrected chi connectivity index (χ4v) is 2.05. The minimum absolute atomic E-state index is 0.172. The van der Waals surface area contributed by atoms with Crippen LogP contribution in [-0.4, -0.2) is 18.4 Å². The highest BCUT2D eigenvalue weighted by molar-refractivity contribution is 9.10. The fraction of sp³-hybridized carbons (Fsp3) is 0.200. The van der Waals surface area contributed by atoms with Crippen molar-refractivity contribution in [2.24, 2.45) is 0 Å². The summed E-state index contributed by atoms with van der Waals surface area (Å²) in [6.45, 7) is 2.56. The Kier molecular flexibility index (Phi) is 5.16. The molecule has 2 N–H and O–H groups in total. The van der Waals surface area contributed by atoms with Gasteiger partial charge in [-0.2, -0.15) is 0 Å². The first-order valence-corrected chi connectivity index (χ1v) is 7.35. The van der Waals surface area contributed by atoms with Gasteiger partial charge in [0, 0.05) is 6.54 Å². The Morgan fingerprint density at radius 1 is 1.14 bits per heavy atom. The van der Waals surface area contributed by atoms with E-state index >= 15 is 0 Å². The van der Waals surface area contributed by atoms with Gasteiger partial charge in [0.2, 0.25) is 0 Å². The van der Waals surface area contributed by atoms with Crippen LogP contribution >= 0.6 is 15.9 Å². The van der Waals surface area contributed by atoms with Gasteiger partial charge in [-0.15, -0.1) is 0 Å². The van der Waals surface area contributed by atoms with Gasteiger partial charge in [0.25, 0.3) is 11.8 Å². The third-order valence-corrected chi connectivity index (χ3v) is 3.18. The summed E-state index contributed by atoms with van der Waals surface area (Å²) in [4.78, 5) is 24.1. The number of nitrogens with one attached hydrogen (secondary N) is 2. The molecule has 6 heteroatoms. The highest BCUT2D eigenvalue weighted by Gasteiger charge is 2.15. The topological polar surface area (TPSA) is 71.3 Å². The zero-order valence-corrected chi connectivity index (χ0v) is 13.1. The quantitative estimate of drug-likeness (QED) is 0.867. The van der Waals surface area contributed by atoms with Crippen molar-refractivity contribution in [2.75, 3.05) is 11.9 Å². The molecule has 0 unspecified atom stereocenters. The Morgan fingerprint density at radius 3 is 2.57 bits per heavy atom. The number of hydrogen-bond acceptors (Lipinski definition) is 3. The lowest BCUT2D eigenvalue weighted by Crippen LogP contribution is -2.25. The molecule has 0 bridgehead atoms. The molecule has 0 aliphatic heterocycles. The zero-order valence-electron chi connectivity index (χ0n) is 11.5. The van der Waals surface area contributed by atoms with Crippen molar-refractivity contribution in [3.05, 3.63) is 52.4 Å². The number of halogens is 1. The summed E-state index contributed by atoms with van der Waals surface area (Å²) in [5.74, 6) is -0.449. The molecule has 0 fully saturated rings. The highest BCUT2D eigenvalue weighted by atomic mass is 79.9. The second kappa shape index (κ2) is 7.08. The Hall–Kier alpha value is -2.08. The van der Waals surface area contributed by atoms with Gasteiger partial charge in [0.15, 0.2) is 10.4 Å². The zero-order chi connectivity index (χ0) is 15.2. The lowest BCUT2D eigenvalue weighted by atomic mass is 10.1. The van der Waals surface area contributed by atoms with Crippen molar-refractivity contribution in [3.8, 4) is 0 Å². The molecule has 0 saturated heterocycles. The van der Waals surface area contributed by atoms with Gasteiger partial charge in [0.1, 0.15) is 0 Å². The van der Waals surface area contributed by atoms with Crippen LogP contribution in [0.1, 0.15) is 34.3 Å². The van der Waals surface area contributed by atoms with E-state index in [-0.39, 0.29) is 11.7 Å². The van der Waals surface area contributed by atoms with Crippen molar-refractivity contribution in [1.29, 1.82) is 0 Å². The van der Waals surface area contributed by atoms with Crippen molar-refractivity contribution in [3.63, 3.8) is 0 Å². The molecule has 0 saturated carbocycles. The van der Waals surface area contributed by atoms with Gasteiger partial charge >= 0.3 is 0 Å². The molecule has 2 rings (SSSR count). The maximum absolute atomic E-state index is 12.1. The molecule has 0 atom stereocenters. The smallest absolute Gasteiger partial charge is 0.291 e. The molecule has 0 aliphatic carbocycles. The first-order chi connectivity index (χ1) is 10.1. The van der Waals surface area contributed by atoms with E-state index in [9.17, 15) is 9.59 Å². The predicted octanol–water partition coefficient (Wildman–Crippen LogP) is 3.43. The van der Waals surface area contributed by atoms with Crippen LogP contribution in [0.5, 0.6) is 0 Å². The Morgan fingerprint density at radius 2 is 1.90 bits per heavy atom. The summed E-state index contributed by atoms with van der Waals surface area (Å²) in [5.41, 5.74) is 0.869. The first-order valence-electron chi connectivity index (χ1n) is 6.55. The van der Waals surface area contributed by atoms with E-state index in [2.05, 4.69) is 26.6 Å². The summed E-state index contributed by atoms with van der Waals surface area (Å²) in [5, 5.41) is 5.47. The van der Waals surface area contributed by atoms with Crippen LogP contribution in [-0.2, 0) is 0 Å². The molecule has 21 heavy (non-hydrogen) atoms. The monoisotopic (exact) mass is 350 g/mol. The summed E-state index contributed by atoms with van der Waals surface area (Å²) >= 11 is 3.14. The molecule has 110 valence electrons. The Bertz CT molecular complexity index is 652. The number of rotatable bonds is 5. The molecular formula is C15H15BrN2O3. The van der Waals surface area contributed by atoms with Crippen LogP contribution in [0.2, 0.25) is 0 Å². The van der Waals surface area contributed by atoms with Gasteiger partial charge in [-0.1, -0.05) is 19.1 Å². The number of carbonyl (C=O) groups excluding carboxylic acids is 2. The molecule has 1 aromatic heterocycles. The molecule has 1 aromatic carbocycles. The number of furan rings is 1. The standard InChI is InChI=1S/C15H15BrN2O3/c1-2-9-17-14(19)10-5-3-4-6-11(10)18-15(20)12-7-8-13(16)21-12/h3-8H,2,9H2,1H3,(H,17,19)(H,18,20). The van der Waals surface area contributed by atoms with Crippen LogP contribution < -0.4 is 10.6 Å². The van der Waals surface area contributed by atoms with E-state index in [1.165, 1.54) is 0 Å². The minimum atomic E-state index is -0.406. The number of para-hydroxylation sites is 1. The lowest BCUT2D eigenvalue weighted by molar-refractivity contribution is 0.0954. The van der Waals surface area contributed by atoms with E-state index in [0.717, 1.165) is 6.42 Å². The van der Waals surface area contributed by atoms with Crippen molar-refractivity contribution < 1.29 is 14.0 Å². The van der Waals surface area contributed by atoms with Crippen LogP contribution in [0.15, 0.2) is 45.5 Å². The van der Waals surface area contributed by atoms with Crippen molar-refractivity contribution in [2.45, 2.75) is 13.3 Å².